The Morgan fingerprint density at radius 2 is 1.82 bits per heavy atom. The van der Waals surface area contributed by atoms with Crippen LogP contribution >= 0.6 is 0 Å². The Bertz CT molecular complexity index is 806. The molecule has 0 bridgehead atoms. The Labute approximate surface area is 128 Å². The summed E-state index contributed by atoms with van der Waals surface area (Å²) in [6.45, 7) is -0.120. The first-order valence-corrected chi connectivity index (χ1v) is 7.15. The molecule has 0 aliphatic carbocycles. The first-order valence-electron chi connectivity index (χ1n) is 7.15. The molecule has 0 unspecified atom stereocenters. The van der Waals surface area contributed by atoms with Crippen LogP contribution in [-0.2, 0) is 0 Å². The second-order valence-corrected chi connectivity index (χ2v) is 5.18. The maximum atomic E-state index is 11.0. The molecule has 4 heteroatoms. The third kappa shape index (κ3) is 3.06. The number of H-pyrrole nitrogens is 1. The van der Waals surface area contributed by atoms with Crippen LogP contribution in [0.4, 0.5) is 0 Å². The Morgan fingerprint density at radius 1 is 1.09 bits per heavy atom. The van der Waals surface area contributed by atoms with Crippen molar-refractivity contribution in [2.75, 3.05) is 6.54 Å². The molecular weight excluding hydrogens is 276 g/mol. The molecule has 22 heavy (non-hydrogen) atoms. The number of aromatic nitrogens is 1. The van der Waals surface area contributed by atoms with Crippen LogP contribution < -0.4 is 0 Å². The first kappa shape index (κ1) is 14.1. The van der Waals surface area contributed by atoms with Crippen LogP contribution in [0.3, 0.4) is 0 Å². The summed E-state index contributed by atoms with van der Waals surface area (Å²) in [7, 11) is 0. The summed E-state index contributed by atoms with van der Waals surface area (Å²) in [5.74, 6) is -0.258. The minimum atomic E-state index is -0.262. The van der Waals surface area contributed by atoms with Gasteiger partial charge in [-0.15, -0.1) is 0 Å². The quantitative estimate of drug-likeness (QED) is 0.564. The molecule has 0 fully saturated rings. The van der Waals surface area contributed by atoms with Gasteiger partial charge in [-0.1, -0.05) is 60.7 Å². The molecule has 110 valence electrons. The number of nitro groups is 1. The van der Waals surface area contributed by atoms with Crippen molar-refractivity contribution in [2.45, 2.75) is 5.92 Å². The molecule has 3 rings (SSSR count). The van der Waals surface area contributed by atoms with Gasteiger partial charge in [-0.3, -0.25) is 10.1 Å². The van der Waals surface area contributed by atoms with E-state index in [0.717, 1.165) is 22.0 Å². The van der Waals surface area contributed by atoms with Crippen LogP contribution in [0.5, 0.6) is 0 Å². The predicted molar refractivity (Wildman–Crippen MR) is 88.4 cm³/mol. The van der Waals surface area contributed by atoms with Gasteiger partial charge in [-0.25, -0.2) is 0 Å². The van der Waals surface area contributed by atoms with Crippen molar-refractivity contribution >= 4 is 17.0 Å². The fourth-order valence-electron chi connectivity index (χ4n) is 2.62. The van der Waals surface area contributed by atoms with Gasteiger partial charge >= 0.3 is 0 Å². The average Bonchev–Trinajstić information content (AvgIpc) is 2.96. The van der Waals surface area contributed by atoms with Crippen molar-refractivity contribution in [3.8, 4) is 0 Å². The van der Waals surface area contributed by atoms with E-state index in [2.05, 4.69) is 4.98 Å². The largest absolute Gasteiger partial charge is 0.361 e. The SMILES string of the molecule is O=[N+]([O-])C[C@H](/C=C/c1ccccc1)c1c[nH]c2ccccc12. The van der Waals surface area contributed by atoms with E-state index in [0.29, 0.717) is 0 Å². The number of nitrogens with zero attached hydrogens (tertiary/aromatic N) is 1. The van der Waals surface area contributed by atoms with Gasteiger partial charge in [-0.2, -0.15) is 0 Å². The van der Waals surface area contributed by atoms with Crippen molar-refractivity contribution < 1.29 is 4.92 Å². The van der Waals surface area contributed by atoms with E-state index >= 15 is 0 Å². The lowest BCUT2D eigenvalue weighted by Gasteiger charge is -2.07. The number of para-hydroxylation sites is 1. The fourth-order valence-corrected chi connectivity index (χ4v) is 2.62. The Hall–Kier alpha value is -2.88. The molecule has 1 N–H and O–H groups in total. The Morgan fingerprint density at radius 3 is 2.59 bits per heavy atom. The number of fused-ring (bicyclic) bond motifs is 1. The van der Waals surface area contributed by atoms with Crippen LogP contribution in [0.15, 0.2) is 66.9 Å². The lowest BCUT2D eigenvalue weighted by molar-refractivity contribution is -0.481. The smallest absolute Gasteiger partial charge is 0.214 e. The molecule has 1 atom stereocenters. The maximum Gasteiger partial charge on any atom is 0.214 e. The normalized spacial score (nSPS) is 12.7. The van der Waals surface area contributed by atoms with E-state index < -0.39 is 0 Å². The van der Waals surface area contributed by atoms with Crippen molar-refractivity contribution in [3.63, 3.8) is 0 Å². The summed E-state index contributed by atoms with van der Waals surface area (Å²) in [5, 5.41) is 12.0. The minimum Gasteiger partial charge on any atom is -0.361 e. The molecule has 0 spiro atoms. The van der Waals surface area contributed by atoms with Crippen LogP contribution in [0, 0.1) is 10.1 Å². The second-order valence-electron chi connectivity index (χ2n) is 5.18. The summed E-state index contributed by atoms with van der Waals surface area (Å²) in [6, 6.07) is 17.7. The summed E-state index contributed by atoms with van der Waals surface area (Å²) in [4.78, 5) is 13.9. The van der Waals surface area contributed by atoms with Crippen LogP contribution in [0.25, 0.3) is 17.0 Å². The lowest BCUT2D eigenvalue weighted by atomic mass is 9.97. The average molecular weight is 292 g/mol. The zero-order valence-corrected chi connectivity index (χ0v) is 12.0. The zero-order valence-electron chi connectivity index (χ0n) is 12.0. The van der Waals surface area contributed by atoms with Gasteiger partial charge in [0.25, 0.3) is 0 Å². The first-order chi connectivity index (χ1) is 10.7. The van der Waals surface area contributed by atoms with Crippen LogP contribution in [0.2, 0.25) is 0 Å². The van der Waals surface area contributed by atoms with E-state index in [1.165, 1.54) is 0 Å². The van der Waals surface area contributed by atoms with E-state index in [4.69, 9.17) is 0 Å². The standard InChI is InChI=1S/C18H16N2O2/c21-20(22)13-15(11-10-14-6-2-1-3-7-14)17-12-19-18-9-5-4-8-16(17)18/h1-12,15,19H,13H2/b11-10+/t15-/m0/s1. The van der Waals surface area contributed by atoms with Gasteiger partial charge in [0.1, 0.15) is 0 Å². The van der Waals surface area contributed by atoms with E-state index in [1.807, 2.05) is 72.9 Å². The number of rotatable bonds is 5. The van der Waals surface area contributed by atoms with Gasteiger partial charge < -0.3 is 4.98 Å². The zero-order chi connectivity index (χ0) is 15.4. The molecule has 0 saturated carbocycles. The molecule has 0 aliphatic heterocycles. The number of hydrogen-bond acceptors (Lipinski definition) is 2. The highest BCUT2D eigenvalue weighted by Crippen LogP contribution is 2.27. The summed E-state index contributed by atoms with van der Waals surface area (Å²) in [6.07, 6.45) is 5.72. The third-order valence-electron chi connectivity index (χ3n) is 3.69. The van der Waals surface area contributed by atoms with E-state index in [-0.39, 0.29) is 17.4 Å². The number of aromatic amines is 1. The summed E-state index contributed by atoms with van der Waals surface area (Å²) in [5.41, 5.74) is 2.99. The Balaban J connectivity index is 1.96. The lowest BCUT2D eigenvalue weighted by Crippen LogP contribution is -2.10. The minimum absolute atomic E-state index is 0.120. The number of benzene rings is 2. The molecule has 1 heterocycles. The highest BCUT2D eigenvalue weighted by Gasteiger charge is 2.18. The van der Waals surface area contributed by atoms with Crippen LogP contribution in [0.1, 0.15) is 17.0 Å². The monoisotopic (exact) mass is 292 g/mol. The van der Waals surface area contributed by atoms with Gasteiger partial charge in [-0.05, 0) is 17.2 Å². The van der Waals surface area contributed by atoms with E-state index in [1.54, 1.807) is 0 Å². The summed E-state index contributed by atoms with van der Waals surface area (Å²) >= 11 is 0. The Kier molecular flexibility index (Phi) is 4.01. The fraction of sp³-hybridized carbons (Fsp3) is 0.111. The highest BCUT2D eigenvalue weighted by atomic mass is 16.6. The van der Waals surface area contributed by atoms with Gasteiger partial charge in [0.2, 0.25) is 6.54 Å². The molecule has 4 nitrogen and oxygen atoms in total. The molecule has 3 aromatic rings. The van der Waals surface area contributed by atoms with E-state index in [9.17, 15) is 10.1 Å². The van der Waals surface area contributed by atoms with Gasteiger partial charge in [0.05, 0.1) is 5.92 Å². The predicted octanol–water partition coefficient (Wildman–Crippen LogP) is 4.24. The highest BCUT2D eigenvalue weighted by molar-refractivity contribution is 5.84. The molecule has 2 aromatic carbocycles. The third-order valence-corrected chi connectivity index (χ3v) is 3.69. The topological polar surface area (TPSA) is 58.9 Å². The summed E-state index contributed by atoms with van der Waals surface area (Å²) < 4.78 is 0. The van der Waals surface area contributed by atoms with Crippen LogP contribution in [-0.4, -0.2) is 16.5 Å². The second kappa shape index (κ2) is 6.26. The van der Waals surface area contributed by atoms with Crippen molar-refractivity contribution in [2.24, 2.45) is 0 Å². The molecular formula is C18H16N2O2. The molecule has 0 amide bonds. The molecule has 0 aliphatic rings. The molecule has 0 saturated heterocycles. The van der Waals surface area contributed by atoms with Crippen molar-refractivity contribution in [1.29, 1.82) is 0 Å². The van der Waals surface area contributed by atoms with Crippen molar-refractivity contribution in [3.05, 3.63) is 88.1 Å². The van der Waals surface area contributed by atoms with Gasteiger partial charge in [0, 0.05) is 22.0 Å². The molecule has 0 radical (unpaired) electrons. The number of nitrogens with one attached hydrogen (secondary N) is 1. The van der Waals surface area contributed by atoms with Gasteiger partial charge in [0.15, 0.2) is 0 Å². The molecule has 1 aromatic heterocycles. The van der Waals surface area contributed by atoms with Crippen molar-refractivity contribution in [1.82, 2.24) is 4.98 Å². The number of hydrogen-bond donors (Lipinski definition) is 1. The maximum absolute atomic E-state index is 11.0.